The molecule has 1 heterocycles. The third kappa shape index (κ3) is 2.80. The Balaban J connectivity index is 1.60. The van der Waals surface area contributed by atoms with Gasteiger partial charge in [0.2, 0.25) is 11.8 Å². The predicted octanol–water partition coefficient (Wildman–Crippen LogP) is 1.85. The van der Waals surface area contributed by atoms with Crippen LogP contribution in [0, 0.1) is 0 Å². The Bertz CT molecular complexity index is 537. The van der Waals surface area contributed by atoms with Gasteiger partial charge in [-0.05, 0) is 31.2 Å². The minimum atomic E-state index is -0.269. The third-order valence-corrected chi connectivity index (χ3v) is 4.80. The highest BCUT2D eigenvalue weighted by Gasteiger charge is 2.45. The van der Waals surface area contributed by atoms with E-state index in [-0.39, 0.29) is 23.3 Å². The number of carbonyl (C=O) groups excluding carboxylic acids is 2. The first-order valence-electron chi connectivity index (χ1n) is 7.73. The Morgan fingerprint density at radius 2 is 2.00 bits per heavy atom. The lowest BCUT2D eigenvalue weighted by molar-refractivity contribution is -0.136. The number of hydrogen-bond acceptors (Lipinski definition) is 2. The van der Waals surface area contributed by atoms with Crippen LogP contribution in [0.3, 0.4) is 0 Å². The maximum atomic E-state index is 12.4. The fraction of sp³-hybridized carbons (Fsp3) is 0.529. The summed E-state index contributed by atoms with van der Waals surface area (Å²) in [6.45, 7) is 2.92. The summed E-state index contributed by atoms with van der Waals surface area (Å²) in [5.74, 6) is 0.00162. The van der Waals surface area contributed by atoms with Crippen LogP contribution in [0.2, 0.25) is 0 Å². The van der Waals surface area contributed by atoms with E-state index in [9.17, 15) is 9.59 Å². The van der Waals surface area contributed by atoms with Crippen LogP contribution in [0.4, 0.5) is 0 Å². The zero-order valence-electron chi connectivity index (χ0n) is 12.5. The van der Waals surface area contributed by atoms with Crippen LogP contribution >= 0.6 is 0 Å². The van der Waals surface area contributed by atoms with E-state index in [2.05, 4.69) is 17.4 Å². The lowest BCUT2D eigenvalue weighted by Gasteiger charge is -2.24. The molecule has 1 saturated carbocycles. The van der Waals surface area contributed by atoms with Gasteiger partial charge in [-0.3, -0.25) is 9.59 Å². The highest BCUT2D eigenvalue weighted by molar-refractivity contribution is 5.87. The summed E-state index contributed by atoms with van der Waals surface area (Å²) >= 11 is 0. The van der Waals surface area contributed by atoms with E-state index in [0.717, 1.165) is 25.7 Å². The van der Waals surface area contributed by atoms with Gasteiger partial charge in [0.05, 0.1) is 0 Å². The lowest BCUT2D eigenvalue weighted by Crippen LogP contribution is -2.46. The predicted molar refractivity (Wildman–Crippen MR) is 80.8 cm³/mol. The quantitative estimate of drug-likeness (QED) is 0.918. The van der Waals surface area contributed by atoms with Crippen LogP contribution in [-0.2, 0) is 15.0 Å². The number of likely N-dealkylation sites (tertiary alicyclic amines) is 1. The number of nitrogens with one attached hydrogen (secondary N) is 1. The number of hydrogen-bond donors (Lipinski definition) is 1. The Kier molecular flexibility index (Phi) is 3.70. The topological polar surface area (TPSA) is 49.4 Å². The standard InChI is InChI=1S/C17H22N2O2/c1-13(20)19-11-5-8-15(19)16(21)18-12-17(9-10-17)14-6-3-2-4-7-14/h2-4,6-7,15H,5,8-12H2,1H3,(H,18,21)/t15-/m1/s1. The van der Waals surface area contributed by atoms with Crippen molar-refractivity contribution in [3.05, 3.63) is 35.9 Å². The summed E-state index contributed by atoms with van der Waals surface area (Å²) in [4.78, 5) is 25.6. The van der Waals surface area contributed by atoms with Crippen molar-refractivity contribution in [3.63, 3.8) is 0 Å². The summed E-state index contributed by atoms with van der Waals surface area (Å²) in [5.41, 5.74) is 1.43. The minimum Gasteiger partial charge on any atom is -0.353 e. The van der Waals surface area contributed by atoms with Crippen LogP contribution in [0.1, 0.15) is 38.2 Å². The van der Waals surface area contributed by atoms with Gasteiger partial charge in [-0.25, -0.2) is 0 Å². The fourth-order valence-corrected chi connectivity index (χ4v) is 3.30. The van der Waals surface area contributed by atoms with E-state index < -0.39 is 0 Å². The largest absolute Gasteiger partial charge is 0.353 e. The summed E-state index contributed by atoms with van der Waals surface area (Å²) < 4.78 is 0. The zero-order valence-corrected chi connectivity index (χ0v) is 12.5. The second kappa shape index (κ2) is 5.51. The number of nitrogens with zero attached hydrogens (tertiary/aromatic N) is 1. The lowest BCUT2D eigenvalue weighted by atomic mass is 9.96. The molecule has 4 heteroatoms. The van der Waals surface area contributed by atoms with Gasteiger partial charge in [0, 0.05) is 25.4 Å². The molecule has 1 aromatic carbocycles. The van der Waals surface area contributed by atoms with E-state index in [1.807, 2.05) is 18.2 Å². The molecule has 1 atom stereocenters. The highest BCUT2D eigenvalue weighted by Crippen LogP contribution is 2.47. The molecule has 0 aromatic heterocycles. The van der Waals surface area contributed by atoms with E-state index in [0.29, 0.717) is 13.1 Å². The maximum absolute atomic E-state index is 12.4. The molecule has 21 heavy (non-hydrogen) atoms. The molecule has 2 aliphatic rings. The number of carbonyl (C=O) groups is 2. The second-order valence-corrected chi connectivity index (χ2v) is 6.23. The molecule has 0 radical (unpaired) electrons. The third-order valence-electron chi connectivity index (χ3n) is 4.80. The highest BCUT2D eigenvalue weighted by atomic mass is 16.2. The van der Waals surface area contributed by atoms with Gasteiger partial charge in [-0.2, -0.15) is 0 Å². The Morgan fingerprint density at radius 1 is 1.29 bits per heavy atom. The summed E-state index contributed by atoms with van der Waals surface area (Å²) in [5, 5.41) is 3.08. The molecule has 3 rings (SSSR count). The molecule has 1 saturated heterocycles. The van der Waals surface area contributed by atoms with Crippen LogP contribution < -0.4 is 5.32 Å². The number of amides is 2. The van der Waals surface area contributed by atoms with Crippen LogP contribution in [0.25, 0.3) is 0 Å². The van der Waals surface area contributed by atoms with Gasteiger partial charge < -0.3 is 10.2 Å². The average molecular weight is 286 g/mol. The van der Waals surface area contributed by atoms with Crippen LogP contribution in [0.15, 0.2) is 30.3 Å². The van der Waals surface area contributed by atoms with Crippen molar-refractivity contribution in [2.75, 3.05) is 13.1 Å². The fourth-order valence-electron chi connectivity index (χ4n) is 3.30. The maximum Gasteiger partial charge on any atom is 0.242 e. The van der Waals surface area contributed by atoms with Crippen molar-refractivity contribution >= 4 is 11.8 Å². The Hall–Kier alpha value is -1.84. The molecule has 1 N–H and O–H groups in total. The van der Waals surface area contributed by atoms with Crippen molar-refractivity contribution in [2.45, 2.75) is 44.1 Å². The molecule has 1 aliphatic heterocycles. The van der Waals surface area contributed by atoms with Crippen LogP contribution in [0.5, 0.6) is 0 Å². The summed E-state index contributed by atoms with van der Waals surface area (Å²) in [6, 6.07) is 10.1. The van der Waals surface area contributed by atoms with Crippen molar-refractivity contribution < 1.29 is 9.59 Å². The first-order chi connectivity index (χ1) is 10.1. The molecule has 2 fully saturated rings. The number of benzene rings is 1. The van der Waals surface area contributed by atoms with Crippen molar-refractivity contribution in [2.24, 2.45) is 0 Å². The molecule has 4 nitrogen and oxygen atoms in total. The molecule has 0 spiro atoms. The Labute approximate surface area is 125 Å². The molecule has 1 aromatic rings. The van der Waals surface area contributed by atoms with E-state index >= 15 is 0 Å². The van der Waals surface area contributed by atoms with Gasteiger partial charge in [0.1, 0.15) is 6.04 Å². The number of rotatable bonds is 4. The van der Waals surface area contributed by atoms with Gasteiger partial charge >= 0.3 is 0 Å². The molecule has 112 valence electrons. The molecule has 1 aliphatic carbocycles. The van der Waals surface area contributed by atoms with Gasteiger partial charge in [-0.1, -0.05) is 30.3 Å². The Morgan fingerprint density at radius 3 is 2.62 bits per heavy atom. The van der Waals surface area contributed by atoms with Gasteiger partial charge in [0.25, 0.3) is 0 Å². The normalized spacial score (nSPS) is 22.9. The first kappa shape index (κ1) is 14.1. The van der Waals surface area contributed by atoms with Crippen LogP contribution in [-0.4, -0.2) is 35.8 Å². The molecule has 2 amide bonds. The van der Waals surface area contributed by atoms with E-state index in [1.54, 1.807) is 4.90 Å². The molecular weight excluding hydrogens is 264 g/mol. The summed E-state index contributed by atoms with van der Waals surface area (Å²) in [6.07, 6.45) is 3.95. The van der Waals surface area contributed by atoms with Crippen molar-refractivity contribution in [1.29, 1.82) is 0 Å². The first-order valence-corrected chi connectivity index (χ1v) is 7.73. The smallest absolute Gasteiger partial charge is 0.242 e. The van der Waals surface area contributed by atoms with Crippen molar-refractivity contribution in [1.82, 2.24) is 10.2 Å². The molecular formula is C17H22N2O2. The van der Waals surface area contributed by atoms with Gasteiger partial charge in [-0.15, -0.1) is 0 Å². The molecule has 0 unspecified atom stereocenters. The van der Waals surface area contributed by atoms with Gasteiger partial charge in [0.15, 0.2) is 0 Å². The van der Waals surface area contributed by atoms with E-state index in [1.165, 1.54) is 12.5 Å². The monoisotopic (exact) mass is 286 g/mol. The van der Waals surface area contributed by atoms with Crippen molar-refractivity contribution in [3.8, 4) is 0 Å². The minimum absolute atomic E-state index is 0.00292. The molecule has 0 bridgehead atoms. The summed E-state index contributed by atoms with van der Waals surface area (Å²) in [7, 11) is 0. The zero-order chi connectivity index (χ0) is 14.9. The second-order valence-electron chi connectivity index (χ2n) is 6.23. The average Bonchev–Trinajstić information content (AvgIpc) is 3.12. The van der Waals surface area contributed by atoms with E-state index in [4.69, 9.17) is 0 Å². The SMILES string of the molecule is CC(=O)N1CCC[C@@H]1C(=O)NCC1(c2ccccc2)CC1.